The zero-order chi connectivity index (χ0) is 11.1. The molecule has 1 aliphatic carbocycles. The third-order valence-corrected chi connectivity index (χ3v) is 2.88. The van der Waals surface area contributed by atoms with Gasteiger partial charge in [-0.1, -0.05) is 0 Å². The number of rotatable bonds is 3. The molecule has 0 aliphatic heterocycles. The van der Waals surface area contributed by atoms with E-state index in [-0.39, 0.29) is 5.54 Å². The fraction of sp³-hybridized carbons (Fsp3) is 0.636. The van der Waals surface area contributed by atoms with Gasteiger partial charge < -0.3 is 5.32 Å². The van der Waals surface area contributed by atoms with Gasteiger partial charge in [-0.05, 0) is 39.5 Å². The van der Waals surface area contributed by atoms with Gasteiger partial charge in [-0.15, -0.1) is 0 Å². The second-order valence-corrected chi connectivity index (χ2v) is 4.78. The van der Waals surface area contributed by atoms with Crippen molar-refractivity contribution in [1.82, 2.24) is 9.97 Å². The van der Waals surface area contributed by atoms with Gasteiger partial charge in [0.2, 0.25) is 0 Å². The van der Waals surface area contributed by atoms with Gasteiger partial charge in [0, 0.05) is 17.3 Å². The Bertz CT molecular complexity index is 352. The number of halogens is 1. The van der Waals surface area contributed by atoms with Crippen molar-refractivity contribution in [2.45, 2.75) is 39.2 Å². The molecule has 1 heterocycles. The maximum Gasteiger partial charge on any atom is 0.310 e. The van der Waals surface area contributed by atoms with Crippen molar-refractivity contribution in [3.8, 4) is 0 Å². The minimum Gasteiger partial charge on any atom is -0.365 e. The summed E-state index contributed by atoms with van der Waals surface area (Å²) in [7, 11) is 0. The molecule has 1 aromatic rings. The quantitative estimate of drug-likeness (QED) is 0.777. The normalized spacial score (nSPS) is 16.5. The highest BCUT2D eigenvalue weighted by molar-refractivity contribution is 5.38. The molecule has 82 valence electrons. The molecule has 1 aromatic heterocycles. The topological polar surface area (TPSA) is 37.8 Å². The fourth-order valence-corrected chi connectivity index (χ4v) is 1.83. The van der Waals surface area contributed by atoms with E-state index < -0.39 is 6.08 Å². The van der Waals surface area contributed by atoms with Crippen LogP contribution in [0.5, 0.6) is 0 Å². The van der Waals surface area contributed by atoms with E-state index in [0.29, 0.717) is 17.4 Å². The van der Waals surface area contributed by atoms with Crippen LogP contribution in [0.2, 0.25) is 0 Å². The molecule has 1 saturated carbocycles. The maximum absolute atomic E-state index is 13.0. The summed E-state index contributed by atoms with van der Waals surface area (Å²) in [6.45, 7) is 6.01. The van der Waals surface area contributed by atoms with Crippen LogP contribution in [0, 0.1) is 18.9 Å². The van der Waals surface area contributed by atoms with Crippen LogP contribution in [0.4, 0.5) is 10.2 Å². The first kappa shape index (κ1) is 10.3. The first-order valence-corrected chi connectivity index (χ1v) is 5.27. The molecule has 1 aliphatic rings. The average Bonchev–Trinajstić information content (AvgIpc) is 2.80. The van der Waals surface area contributed by atoms with Crippen LogP contribution in [0.1, 0.15) is 32.4 Å². The van der Waals surface area contributed by atoms with Gasteiger partial charge in [-0.3, -0.25) is 0 Å². The minimum atomic E-state index is -0.663. The van der Waals surface area contributed by atoms with Gasteiger partial charge in [0.1, 0.15) is 5.82 Å². The standard InChI is InChI=1S/C11H16FN3/c1-7-6-9(14-10(12)13-7)15-11(2,3)8-4-5-8/h6,8H,4-5H2,1-3H3,(H,13,14,15). The van der Waals surface area contributed by atoms with Gasteiger partial charge in [0.15, 0.2) is 0 Å². The highest BCUT2D eigenvalue weighted by Crippen LogP contribution is 2.40. The number of aryl methyl sites for hydroxylation is 1. The summed E-state index contributed by atoms with van der Waals surface area (Å²) in [5.74, 6) is 1.26. The Morgan fingerprint density at radius 1 is 1.40 bits per heavy atom. The largest absolute Gasteiger partial charge is 0.365 e. The summed E-state index contributed by atoms with van der Waals surface area (Å²) in [6.07, 6.45) is 1.82. The predicted molar refractivity (Wildman–Crippen MR) is 57.2 cm³/mol. The second-order valence-electron chi connectivity index (χ2n) is 4.78. The first-order valence-electron chi connectivity index (χ1n) is 5.27. The predicted octanol–water partition coefficient (Wildman–Crippen LogP) is 2.52. The number of hydrogen-bond acceptors (Lipinski definition) is 3. The van der Waals surface area contributed by atoms with Crippen molar-refractivity contribution in [3.63, 3.8) is 0 Å². The minimum absolute atomic E-state index is 0.00671. The molecule has 0 bridgehead atoms. The van der Waals surface area contributed by atoms with Crippen LogP contribution in [0.3, 0.4) is 0 Å². The molecule has 0 unspecified atom stereocenters. The molecule has 0 amide bonds. The molecule has 0 radical (unpaired) electrons. The maximum atomic E-state index is 13.0. The third-order valence-electron chi connectivity index (χ3n) is 2.88. The molecular weight excluding hydrogens is 193 g/mol. The molecule has 0 spiro atoms. The van der Waals surface area contributed by atoms with Crippen LogP contribution < -0.4 is 5.32 Å². The van der Waals surface area contributed by atoms with Crippen LogP contribution in [0.15, 0.2) is 6.07 Å². The van der Waals surface area contributed by atoms with E-state index in [4.69, 9.17) is 0 Å². The molecule has 1 fully saturated rings. The number of nitrogens with one attached hydrogen (secondary N) is 1. The zero-order valence-electron chi connectivity index (χ0n) is 9.34. The van der Waals surface area contributed by atoms with Crippen LogP contribution in [-0.2, 0) is 0 Å². The summed E-state index contributed by atoms with van der Waals surface area (Å²) >= 11 is 0. The SMILES string of the molecule is Cc1cc(NC(C)(C)C2CC2)nc(F)n1. The Labute approximate surface area is 89.1 Å². The van der Waals surface area contributed by atoms with Gasteiger partial charge in [0.05, 0.1) is 0 Å². The smallest absolute Gasteiger partial charge is 0.310 e. The first-order chi connectivity index (χ1) is 6.97. The molecule has 1 N–H and O–H groups in total. The van der Waals surface area contributed by atoms with Crippen molar-refractivity contribution < 1.29 is 4.39 Å². The molecule has 0 saturated heterocycles. The summed E-state index contributed by atoms with van der Waals surface area (Å²) in [5, 5.41) is 3.27. The van der Waals surface area contributed by atoms with Crippen molar-refractivity contribution >= 4 is 5.82 Å². The lowest BCUT2D eigenvalue weighted by Crippen LogP contribution is -2.33. The molecule has 0 aromatic carbocycles. The van der Waals surface area contributed by atoms with Gasteiger partial charge >= 0.3 is 6.08 Å². The molecule has 3 nitrogen and oxygen atoms in total. The number of anilines is 1. The van der Waals surface area contributed by atoms with Crippen molar-refractivity contribution in [1.29, 1.82) is 0 Å². The number of hydrogen-bond donors (Lipinski definition) is 1. The Hall–Kier alpha value is -1.19. The van der Waals surface area contributed by atoms with Crippen molar-refractivity contribution in [2.75, 3.05) is 5.32 Å². The Morgan fingerprint density at radius 3 is 2.60 bits per heavy atom. The second kappa shape index (κ2) is 3.43. The van der Waals surface area contributed by atoms with E-state index in [0.717, 1.165) is 0 Å². The third kappa shape index (κ3) is 2.43. The highest BCUT2D eigenvalue weighted by Gasteiger charge is 2.37. The summed E-state index contributed by atoms with van der Waals surface area (Å²) < 4.78 is 13.0. The summed E-state index contributed by atoms with van der Waals surface area (Å²) in [5.41, 5.74) is 0.643. The van der Waals surface area contributed by atoms with Gasteiger partial charge in [-0.2, -0.15) is 9.37 Å². The fourth-order valence-electron chi connectivity index (χ4n) is 1.83. The lowest BCUT2D eigenvalue weighted by molar-refractivity contribution is 0.486. The summed E-state index contributed by atoms with van der Waals surface area (Å²) in [4.78, 5) is 7.35. The van der Waals surface area contributed by atoms with E-state index in [1.54, 1.807) is 13.0 Å². The van der Waals surface area contributed by atoms with E-state index >= 15 is 0 Å². The zero-order valence-corrected chi connectivity index (χ0v) is 9.34. The monoisotopic (exact) mass is 209 g/mol. The molecule has 0 atom stereocenters. The lowest BCUT2D eigenvalue weighted by atomic mass is 9.99. The molecule has 2 rings (SSSR count). The average molecular weight is 209 g/mol. The summed E-state index contributed by atoms with van der Waals surface area (Å²) in [6, 6.07) is 1.77. The number of nitrogens with zero attached hydrogens (tertiary/aromatic N) is 2. The number of aromatic nitrogens is 2. The Balaban J connectivity index is 2.16. The van der Waals surface area contributed by atoms with E-state index in [2.05, 4.69) is 29.1 Å². The Kier molecular flexibility index (Phi) is 2.37. The van der Waals surface area contributed by atoms with E-state index in [1.165, 1.54) is 12.8 Å². The lowest BCUT2D eigenvalue weighted by Gasteiger charge is -2.26. The highest BCUT2D eigenvalue weighted by atomic mass is 19.1. The molecule has 4 heteroatoms. The van der Waals surface area contributed by atoms with Crippen LogP contribution in [0.25, 0.3) is 0 Å². The van der Waals surface area contributed by atoms with E-state index in [9.17, 15) is 4.39 Å². The van der Waals surface area contributed by atoms with Crippen LogP contribution >= 0.6 is 0 Å². The van der Waals surface area contributed by atoms with Crippen molar-refractivity contribution in [2.24, 2.45) is 5.92 Å². The Morgan fingerprint density at radius 2 is 2.07 bits per heavy atom. The molecular formula is C11H16FN3. The van der Waals surface area contributed by atoms with Gasteiger partial charge in [0.25, 0.3) is 0 Å². The van der Waals surface area contributed by atoms with Crippen molar-refractivity contribution in [3.05, 3.63) is 17.8 Å². The van der Waals surface area contributed by atoms with Crippen LogP contribution in [-0.4, -0.2) is 15.5 Å². The van der Waals surface area contributed by atoms with Gasteiger partial charge in [-0.25, -0.2) is 4.98 Å². The molecule has 15 heavy (non-hydrogen) atoms. The van der Waals surface area contributed by atoms with E-state index in [1.807, 2.05) is 0 Å².